The summed E-state index contributed by atoms with van der Waals surface area (Å²) in [5.74, 6) is -1.37. The second kappa shape index (κ2) is 7.43. The second-order valence-corrected chi connectivity index (χ2v) is 6.56. The Morgan fingerprint density at radius 3 is 2.69 bits per heavy atom. The molecule has 1 atom stereocenters. The summed E-state index contributed by atoms with van der Waals surface area (Å²) in [6.07, 6.45) is -2.39. The fraction of sp³-hybridized carbons (Fsp3) is 0.316. The monoisotopic (exact) mass is 409 g/mol. The topological polar surface area (TPSA) is 65.7 Å². The van der Waals surface area contributed by atoms with Crippen molar-refractivity contribution < 1.29 is 31.8 Å². The molecule has 0 bridgehead atoms. The maximum absolute atomic E-state index is 13.6. The summed E-state index contributed by atoms with van der Waals surface area (Å²) in [6.45, 7) is 0.580. The maximum atomic E-state index is 13.6. The molecule has 152 valence electrons. The molecule has 4 rings (SSSR count). The number of hydrogen-bond acceptors (Lipinski definition) is 5. The number of nitrogens with zero attached hydrogens (tertiary/aromatic N) is 3. The summed E-state index contributed by atoms with van der Waals surface area (Å²) in [4.78, 5) is 16.6. The third-order valence-corrected chi connectivity index (χ3v) is 4.55. The molecule has 0 amide bonds. The Morgan fingerprint density at radius 2 is 2.03 bits per heavy atom. The van der Waals surface area contributed by atoms with Gasteiger partial charge in [-0.2, -0.15) is 18.3 Å². The minimum atomic E-state index is -4.75. The number of alkyl halides is 3. The summed E-state index contributed by atoms with van der Waals surface area (Å²) in [6, 6.07) is 5.64. The lowest BCUT2D eigenvalue weighted by Crippen LogP contribution is -2.18. The van der Waals surface area contributed by atoms with Crippen LogP contribution in [0.1, 0.15) is 28.9 Å². The Bertz CT molecular complexity index is 1040. The van der Waals surface area contributed by atoms with E-state index in [1.165, 1.54) is 12.1 Å². The molecule has 1 unspecified atom stereocenters. The molecule has 3 aromatic rings. The van der Waals surface area contributed by atoms with Crippen molar-refractivity contribution in [3.63, 3.8) is 0 Å². The number of carbonyl (C=O) groups excluding carboxylic acids is 1. The van der Waals surface area contributed by atoms with Crippen molar-refractivity contribution in [3.8, 4) is 11.3 Å². The zero-order valence-corrected chi connectivity index (χ0v) is 14.9. The van der Waals surface area contributed by atoms with E-state index < -0.39 is 23.7 Å². The zero-order valence-electron chi connectivity index (χ0n) is 14.9. The first-order valence-corrected chi connectivity index (χ1v) is 8.83. The van der Waals surface area contributed by atoms with Crippen molar-refractivity contribution in [3.05, 3.63) is 53.6 Å². The van der Waals surface area contributed by atoms with Gasteiger partial charge in [0.2, 0.25) is 0 Å². The summed E-state index contributed by atoms with van der Waals surface area (Å²) in [5.41, 5.74) is -1.41. The number of ether oxygens (including phenoxy) is 2. The van der Waals surface area contributed by atoms with Crippen LogP contribution in [0.15, 0.2) is 36.5 Å². The fourth-order valence-electron chi connectivity index (χ4n) is 3.10. The molecule has 1 aromatic carbocycles. The van der Waals surface area contributed by atoms with E-state index >= 15 is 0 Å². The van der Waals surface area contributed by atoms with Gasteiger partial charge in [-0.25, -0.2) is 18.7 Å². The number of benzene rings is 1. The van der Waals surface area contributed by atoms with E-state index in [0.29, 0.717) is 11.1 Å². The van der Waals surface area contributed by atoms with Crippen LogP contribution in [0.4, 0.5) is 17.6 Å². The molecule has 0 N–H and O–H groups in total. The van der Waals surface area contributed by atoms with E-state index in [0.717, 1.165) is 37.2 Å². The van der Waals surface area contributed by atoms with E-state index in [-0.39, 0.29) is 35.2 Å². The van der Waals surface area contributed by atoms with Crippen molar-refractivity contribution >= 4 is 11.6 Å². The quantitative estimate of drug-likeness (QED) is 0.483. The minimum Gasteiger partial charge on any atom is -0.459 e. The van der Waals surface area contributed by atoms with E-state index in [1.54, 1.807) is 0 Å². The Morgan fingerprint density at radius 1 is 1.28 bits per heavy atom. The van der Waals surface area contributed by atoms with Crippen LogP contribution in [-0.4, -0.2) is 39.9 Å². The molecule has 29 heavy (non-hydrogen) atoms. The molecule has 3 heterocycles. The first-order chi connectivity index (χ1) is 13.8. The van der Waals surface area contributed by atoms with Gasteiger partial charge in [0.05, 0.1) is 18.0 Å². The van der Waals surface area contributed by atoms with Gasteiger partial charge in [-0.15, -0.1) is 0 Å². The van der Waals surface area contributed by atoms with Gasteiger partial charge >= 0.3 is 12.1 Å². The first-order valence-electron chi connectivity index (χ1n) is 8.83. The summed E-state index contributed by atoms with van der Waals surface area (Å²) in [7, 11) is 0. The summed E-state index contributed by atoms with van der Waals surface area (Å²) in [5, 5.41) is 3.68. The maximum Gasteiger partial charge on any atom is 0.433 e. The number of fused-ring (bicyclic) bond motifs is 1. The molecular weight excluding hydrogens is 394 g/mol. The van der Waals surface area contributed by atoms with E-state index in [9.17, 15) is 22.4 Å². The number of halogens is 4. The largest absolute Gasteiger partial charge is 0.459 e. The molecule has 1 aliphatic heterocycles. The molecule has 1 aliphatic rings. The van der Waals surface area contributed by atoms with Crippen molar-refractivity contribution in [2.24, 2.45) is 0 Å². The van der Waals surface area contributed by atoms with Gasteiger partial charge in [-0.1, -0.05) is 0 Å². The van der Waals surface area contributed by atoms with E-state index in [1.807, 2.05) is 0 Å². The lowest BCUT2D eigenvalue weighted by molar-refractivity contribution is -0.142. The van der Waals surface area contributed by atoms with Gasteiger partial charge in [0.25, 0.3) is 0 Å². The van der Waals surface area contributed by atoms with Gasteiger partial charge < -0.3 is 9.47 Å². The Kier molecular flexibility index (Phi) is 4.95. The van der Waals surface area contributed by atoms with Crippen molar-refractivity contribution in [2.75, 3.05) is 13.2 Å². The predicted molar refractivity (Wildman–Crippen MR) is 92.6 cm³/mol. The lowest BCUT2D eigenvalue weighted by atomic mass is 10.1. The summed E-state index contributed by atoms with van der Waals surface area (Å²) >= 11 is 0. The lowest BCUT2D eigenvalue weighted by Gasteiger charge is -2.12. The van der Waals surface area contributed by atoms with Crippen LogP contribution < -0.4 is 0 Å². The average Bonchev–Trinajstić information content (AvgIpc) is 3.35. The van der Waals surface area contributed by atoms with E-state index in [2.05, 4.69) is 10.1 Å². The van der Waals surface area contributed by atoms with Gasteiger partial charge in [-0.05, 0) is 43.2 Å². The molecule has 0 saturated carbocycles. The first kappa shape index (κ1) is 19.3. The Balaban J connectivity index is 1.75. The zero-order chi connectivity index (χ0) is 20.6. The normalized spacial score (nSPS) is 17.0. The molecule has 6 nitrogen and oxygen atoms in total. The van der Waals surface area contributed by atoms with Crippen LogP contribution in [-0.2, 0) is 15.7 Å². The fourth-order valence-corrected chi connectivity index (χ4v) is 3.10. The standard InChI is InChI=1S/C19H15F4N3O3/c20-12-5-3-11(4-6-12)15-8-16(19(21,22)23)26-17(25-15)14(9-24-26)18(27)29-10-13-2-1-7-28-13/h3-6,8-9,13H,1-2,7,10H2. The van der Waals surface area contributed by atoms with Crippen LogP contribution in [0.3, 0.4) is 0 Å². The predicted octanol–water partition coefficient (Wildman–Crippen LogP) is 3.89. The van der Waals surface area contributed by atoms with Crippen LogP contribution in [0.2, 0.25) is 0 Å². The highest BCUT2D eigenvalue weighted by atomic mass is 19.4. The molecule has 0 spiro atoms. The molecule has 1 fully saturated rings. The van der Waals surface area contributed by atoms with Gasteiger partial charge in [0.1, 0.15) is 18.0 Å². The molecule has 0 radical (unpaired) electrons. The average molecular weight is 409 g/mol. The minimum absolute atomic E-state index is 0.0000455. The number of aromatic nitrogens is 3. The number of esters is 1. The van der Waals surface area contributed by atoms with Gasteiger partial charge in [-0.3, -0.25) is 0 Å². The number of carbonyl (C=O) groups is 1. The highest BCUT2D eigenvalue weighted by Crippen LogP contribution is 2.33. The molecule has 0 aliphatic carbocycles. The number of hydrogen-bond donors (Lipinski definition) is 0. The Labute approximate surface area is 162 Å². The van der Waals surface area contributed by atoms with Crippen molar-refractivity contribution in [1.29, 1.82) is 0 Å². The molecule has 10 heteroatoms. The molecule has 1 saturated heterocycles. The Hall–Kier alpha value is -3.01. The van der Waals surface area contributed by atoms with Crippen LogP contribution in [0.25, 0.3) is 16.9 Å². The van der Waals surface area contributed by atoms with Crippen molar-refractivity contribution in [2.45, 2.75) is 25.1 Å². The van der Waals surface area contributed by atoms with Gasteiger partial charge in [0, 0.05) is 12.2 Å². The van der Waals surface area contributed by atoms with Crippen LogP contribution in [0, 0.1) is 5.82 Å². The highest BCUT2D eigenvalue weighted by molar-refractivity contribution is 5.96. The third-order valence-electron chi connectivity index (χ3n) is 4.55. The summed E-state index contributed by atoms with van der Waals surface area (Å²) < 4.78 is 64.9. The smallest absolute Gasteiger partial charge is 0.433 e. The SMILES string of the molecule is O=C(OCC1CCCO1)c1cnn2c(C(F)(F)F)cc(-c3ccc(F)cc3)nc12. The van der Waals surface area contributed by atoms with Crippen LogP contribution in [0.5, 0.6) is 0 Å². The highest BCUT2D eigenvalue weighted by Gasteiger charge is 2.36. The number of rotatable bonds is 4. The molecule has 2 aromatic heterocycles. The van der Waals surface area contributed by atoms with E-state index in [4.69, 9.17) is 9.47 Å². The van der Waals surface area contributed by atoms with Crippen molar-refractivity contribution in [1.82, 2.24) is 14.6 Å². The third kappa shape index (κ3) is 3.93. The second-order valence-electron chi connectivity index (χ2n) is 6.56. The van der Waals surface area contributed by atoms with Gasteiger partial charge in [0.15, 0.2) is 11.3 Å². The molecular formula is C19H15F4N3O3. The van der Waals surface area contributed by atoms with Crippen LogP contribution >= 0.6 is 0 Å².